The van der Waals surface area contributed by atoms with E-state index in [9.17, 15) is 9.90 Å². The topological polar surface area (TPSA) is 77.0 Å². The molecule has 0 radical (unpaired) electrons. The summed E-state index contributed by atoms with van der Waals surface area (Å²) in [5, 5.41) is 12.4. The molecule has 0 bridgehead atoms. The summed E-state index contributed by atoms with van der Waals surface area (Å²) in [6, 6.07) is 4.86. The van der Waals surface area contributed by atoms with Crippen LogP contribution < -0.4 is 10.1 Å². The van der Waals surface area contributed by atoms with Crippen LogP contribution in [0.4, 0.5) is 0 Å². The maximum Gasteiger partial charge on any atom is 0.492 e. The van der Waals surface area contributed by atoms with Crippen LogP contribution in [0.15, 0.2) is 23.7 Å². The molecule has 1 aromatic carbocycles. The number of amides is 1. The van der Waals surface area contributed by atoms with Gasteiger partial charge in [0.05, 0.1) is 18.3 Å². The quantitative estimate of drug-likeness (QED) is 0.801. The number of carbonyl (C=O) groups excluding carboxylic acids is 1. The highest BCUT2D eigenvalue weighted by molar-refractivity contribution is 6.56. The molecule has 0 aliphatic carbocycles. The van der Waals surface area contributed by atoms with E-state index in [-0.39, 0.29) is 18.2 Å². The molecule has 0 spiro atoms. The van der Waals surface area contributed by atoms with E-state index in [1.54, 1.807) is 12.1 Å². The van der Waals surface area contributed by atoms with Crippen molar-refractivity contribution in [2.45, 2.75) is 45.8 Å². The van der Waals surface area contributed by atoms with E-state index in [1.807, 2.05) is 33.8 Å². The first kappa shape index (κ1) is 19.3. The molecule has 1 amide bonds. The first-order valence-corrected chi connectivity index (χ1v) is 8.23. The van der Waals surface area contributed by atoms with Gasteiger partial charge in [-0.05, 0) is 45.3 Å². The molecule has 1 fully saturated rings. The number of benzene rings is 1. The molecule has 0 saturated carbocycles. The van der Waals surface area contributed by atoms with Gasteiger partial charge >= 0.3 is 7.12 Å². The molecular formula is C18H26BNO5. The Morgan fingerprint density at radius 3 is 2.40 bits per heavy atom. The summed E-state index contributed by atoms with van der Waals surface area (Å²) in [5.41, 5.74) is 0.561. The summed E-state index contributed by atoms with van der Waals surface area (Å²) in [4.78, 5) is 11.4. The lowest BCUT2D eigenvalue weighted by Gasteiger charge is -2.32. The number of nitrogens with one attached hydrogen (secondary N) is 1. The molecule has 6 nitrogen and oxygen atoms in total. The van der Waals surface area contributed by atoms with Crippen LogP contribution in [-0.2, 0) is 14.1 Å². The van der Waals surface area contributed by atoms with Gasteiger partial charge in [-0.15, -0.1) is 0 Å². The van der Waals surface area contributed by atoms with Crippen molar-refractivity contribution in [3.05, 3.63) is 29.2 Å². The molecule has 2 rings (SSSR count). The lowest BCUT2D eigenvalue weighted by Crippen LogP contribution is -2.41. The van der Waals surface area contributed by atoms with E-state index >= 15 is 0 Å². The van der Waals surface area contributed by atoms with Crippen LogP contribution in [-0.4, -0.2) is 43.0 Å². The van der Waals surface area contributed by atoms with E-state index < -0.39 is 18.3 Å². The molecule has 136 valence electrons. The predicted molar refractivity (Wildman–Crippen MR) is 97.4 cm³/mol. The van der Waals surface area contributed by atoms with Crippen molar-refractivity contribution in [2.24, 2.45) is 0 Å². The van der Waals surface area contributed by atoms with E-state index in [1.165, 1.54) is 20.1 Å². The van der Waals surface area contributed by atoms with Gasteiger partial charge in [-0.25, -0.2) is 0 Å². The largest absolute Gasteiger partial charge is 0.508 e. The second kappa shape index (κ2) is 7.10. The van der Waals surface area contributed by atoms with Crippen LogP contribution in [0.2, 0.25) is 0 Å². The van der Waals surface area contributed by atoms with Crippen molar-refractivity contribution in [2.75, 3.05) is 13.7 Å². The lowest BCUT2D eigenvalue weighted by atomic mass is 9.77. The average molecular weight is 347 g/mol. The first-order chi connectivity index (χ1) is 11.6. The Morgan fingerprint density at radius 2 is 1.88 bits per heavy atom. The Labute approximate surface area is 149 Å². The molecule has 0 unspecified atom stereocenters. The lowest BCUT2D eigenvalue weighted by molar-refractivity contribution is -0.118. The van der Waals surface area contributed by atoms with E-state index in [2.05, 4.69) is 5.32 Å². The van der Waals surface area contributed by atoms with Gasteiger partial charge in [-0.2, -0.15) is 0 Å². The molecule has 7 heteroatoms. The maximum atomic E-state index is 11.4. The second-order valence-electron chi connectivity index (χ2n) is 7.14. The van der Waals surface area contributed by atoms with Gasteiger partial charge in [0, 0.05) is 25.1 Å². The SMILES string of the molecule is COc1cc(O)ccc1C=C(CNC(C)=O)B1OC(C)(C)C(C)(C)O1. The zero-order valence-corrected chi connectivity index (χ0v) is 15.7. The number of phenols is 1. The van der Waals surface area contributed by atoms with Crippen molar-refractivity contribution < 1.29 is 23.9 Å². The zero-order chi connectivity index (χ0) is 18.8. The average Bonchev–Trinajstić information content (AvgIpc) is 2.72. The molecule has 0 atom stereocenters. The Morgan fingerprint density at radius 1 is 1.28 bits per heavy atom. The molecule has 2 N–H and O–H groups in total. The van der Waals surface area contributed by atoms with E-state index in [4.69, 9.17) is 14.0 Å². The van der Waals surface area contributed by atoms with Gasteiger partial charge < -0.3 is 24.5 Å². The Bertz CT molecular complexity index is 668. The van der Waals surface area contributed by atoms with Crippen molar-refractivity contribution >= 4 is 19.1 Å². The van der Waals surface area contributed by atoms with E-state index in [0.29, 0.717) is 5.75 Å². The van der Waals surface area contributed by atoms with Gasteiger partial charge in [0.15, 0.2) is 0 Å². The third-order valence-corrected chi connectivity index (χ3v) is 4.66. The van der Waals surface area contributed by atoms with E-state index in [0.717, 1.165) is 11.0 Å². The van der Waals surface area contributed by atoms with Crippen LogP contribution in [0.1, 0.15) is 40.2 Å². The molecule has 1 aliphatic heterocycles. The number of ether oxygens (including phenoxy) is 1. The molecule has 1 aliphatic rings. The minimum atomic E-state index is -0.588. The van der Waals surface area contributed by atoms with Crippen molar-refractivity contribution in [3.8, 4) is 11.5 Å². The Hall–Kier alpha value is -1.99. The first-order valence-electron chi connectivity index (χ1n) is 8.23. The van der Waals surface area contributed by atoms with Gasteiger partial charge in [0.1, 0.15) is 11.5 Å². The van der Waals surface area contributed by atoms with Crippen LogP contribution in [0.25, 0.3) is 6.08 Å². The highest BCUT2D eigenvalue weighted by Crippen LogP contribution is 2.39. The number of carbonyl (C=O) groups is 1. The standard InChI is InChI=1S/C18H26BNO5/c1-12(21)20-11-14(19-24-17(2,3)18(4,5)25-19)9-13-7-8-15(22)10-16(13)23-6/h7-10,22H,11H2,1-6H3,(H,20,21). The fourth-order valence-electron chi connectivity index (χ4n) is 2.44. The number of aromatic hydroxyl groups is 1. The number of hydrogen-bond donors (Lipinski definition) is 2. The third kappa shape index (κ3) is 4.35. The van der Waals surface area contributed by atoms with Crippen molar-refractivity contribution in [1.29, 1.82) is 0 Å². The van der Waals surface area contributed by atoms with Gasteiger partial charge in [0.25, 0.3) is 0 Å². The summed E-state index contributed by atoms with van der Waals surface area (Å²) < 4.78 is 17.5. The van der Waals surface area contributed by atoms with Gasteiger partial charge in [0.2, 0.25) is 5.91 Å². The van der Waals surface area contributed by atoms with Crippen LogP contribution >= 0.6 is 0 Å². The molecular weight excluding hydrogens is 321 g/mol. The molecule has 0 aromatic heterocycles. The molecule has 25 heavy (non-hydrogen) atoms. The second-order valence-corrected chi connectivity index (χ2v) is 7.14. The van der Waals surface area contributed by atoms with Crippen LogP contribution in [0.5, 0.6) is 11.5 Å². The highest BCUT2D eigenvalue weighted by Gasteiger charge is 2.52. The molecule has 1 saturated heterocycles. The summed E-state index contributed by atoms with van der Waals surface area (Å²) in [5.74, 6) is 0.505. The zero-order valence-electron chi connectivity index (χ0n) is 15.7. The summed E-state index contributed by atoms with van der Waals surface area (Å²) >= 11 is 0. The highest BCUT2D eigenvalue weighted by atomic mass is 16.7. The fourth-order valence-corrected chi connectivity index (χ4v) is 2.44. The summed E-state index contributed by atoms with van der Waals surface area (Å²) in [7, 11) is 0.948. The maximum absolute atomic E-state index is 11.4. The van der Waals surface area contributed by atoms with Crippen LogP contribution in [0, 0.1) is 0 Å². The van der Waals surface area contributed by atoms with Gasteiger partial charge in [-0.3, -0.25) is 4.79 Å². The number of hydrogen-bond acceptors (Lipinski definition) is 5. The molecule has 1 heterocycles. The predicted octanol–water partition coefficient (Wildman–Crippen LogP) is 2.55. The fraction of sp³-hybridized carbons (Fsp3) is 0.500. The minimum Gasteiger partial charge on any atom is -0.508 e. The Kier molecular flexibility index (Phi) is 5.49. The monoisotopic (exact) mass is 347 g/mol. The number of phenolic OH excluding ortho intramolecular Hbond substituents is 1. The van der Waals surface area contributed by atoms with Crippen molar-refractivity contribution in [3.63, 3.8) is 0 Å². The smallest absolute Gasteiger partial charge is 0.492 e. The minimum absolute atomic E-state index is 0.119. The summed E-state index contributed by atoms with van der Waals surface area (Å²) in [6.45, 7) is 9.65. The number of rotatable bonds is 5. The molecule has 1 aromatic rings. The van der Waals surface area contributed by atoms with Gasteiger partial charge in [-0.1, -0.05) is 6.08 Å². The number of methoxy groups -OCH3 is 1. The third-order valence-electron chi connectivity index (χ3n) is 4.66. The summed E-state index contributed by atoms with van der Waals surface area (Å²) in [6.07, 6.45) is 1.86. The normalized spacial score (nSPS) is 19.0. The van der Waals surface area contributed by atoms with Crippen LogP contribution in [0.3, 0.4) is 0 Å². The van der Waals surface area contributed by atoms with Crippen molar-refractivity contribution in [1.82, 2.24) is 5.32 Å². The Balaban J connectivity index is 2.38.